The largest absolute Gasteiger partial charge is 0.448 e. The average Bonchev–Trinajstić information content (AvgIpc) is 3.52. The second kappa shape index (κ2) is 12.8. The average molecular weight is 613 g/mol. The van der Waals surface area contributed by atoms with E-state index in [1.165, 1.54) is 42.2 Å². The molecule has 12 heteroatoms. The highest BCUT2D eigenvalue weighted by Gasteiger charge is 2.55. The Morgan fingerprint density at radius 2 is 1.63 bits per heavy atom. The van der Waals surface area contributed by atoms with Crippen molar-refractivity contribution >= 4 is 48.5 Å². The quantitative estimate of drug-likeness (QED) is 0.188. The summed E-state index contributed by atoms with van der Waals surface area (Å²) in [6.07, 6.45) is -0.777. The molecule has 0 radical (unpaired) electrons. The summed E-state index contributed by atoms with van der Waals surface area (Å²) in [5.41, 5.74) is 1.93. The lowest BCUT2D eigenvalue weighted by molar-refractivity contribution is -0.154. The lowest BCUT2D eigenvalue weighted by Crippen LogP contribution is -2.70. The number of hydrogen-bond acceptors (Lipinski definition) is 9. The van der Waals surface area contributed by atoms with Crippen LogP contribution in [0, 0.1) is 0 Å². The van der Waals surface area contributed by atoms with E-state index in [0.717, 1.165) is 16.0 Å². The van der Waals surface area contributed by atoms with E-state index in [9.17, 15) is 18.9 Å². The molecule has 0 aliphatic carbocycles. The highest BCUT2D eigenvalue weighted by molar-refractivity contribution is 8.00. The van der Waals surface area contributed by atoms with Crippen LogP contribution in [0.4, 0.5) is 0 Å². The first-order chi connectivity index (χ1) is 19.8. The molecule has 2 aromatic carbocycles. The SMILES string of the molecule is COP(=O)(CC1=C(C(=O)OC(c2ccccc2)c2ccccc2)N2C(=O)[C@@H](NC(=O)Cc3cccs3)[C@@H]2SC1)OC. The number of nitrogens with one attached hydrogen (secondary N) is 1. The van der Waals surface area contributed by atoms with Crippen LogP contribution in [0.15, 0.2) is 89.4 Å². The van der Waals surface area contributed by atoms with Crippen LogP contribution in [0.2, 0.25) is 0 Å². The third-order valence-electron chi connectivity index (χ3n) is 6.84. The zero-order valence-corrected chi connectivity index (χ0v) is 25.0. The summed E-state index contributed by atoms with van der Waals surface area (Å²) < 4.78 is 29.5. The summed E-state index contributed by atoms with van der Waals surface area (Å²) in [4.78, 5) is 42.3. The molecule has 1 saturated heterocycles. The number of carbonyl (C=O) groups excluding carboxylic acids is 3. The fraction of sp³-hybridized carbons (Fsp3) is 0.276. The Hall–Kier alpha value is -3.21. The molecule has 2 aliphatic rings. The molecule has 3 aromatic rings. The molecule has 1 fully saturated rings. The molecule has 1 aromatic heterocycles. The van der Waals surface area contributed by atoms with Gasteiger partial charge in [0.15, 0.2) is 6.10 Å². The lowest BCUT2D eigenvalue weighted by Gasteiger charge is -2.50. The van der Waals surface area contributed by atoms with E-state index in [1.54, 1.807) is 0 Å². The van der Waals surface area contributed by atoms with Gasteiger partial charge in [0.05, 0.1) is 12.6 Å². The molecule has 2 aliphatic heterocycles. The molecule has 0 spiro atoms. The van der Waals surface area contributed by atoms with Gasteiger partial charge >= 0.3 is 13.6 Å². The van der Waals surface area contributed by atoms with Gasteiger partial charge in [-0.1, -0.05) is 66.7 Å². The summed E-state index contributed by atoms with van der Waals surface area (Å²) >= 11 is 2.84. The number of hydrogen-bond donors (Lipinski definition) is 1. The Bertz CT molecular complexity index is 1430. The molecule has 2 amide bonds. The summed E-state index contributed by atoms with van der Waals surface area (Å²) in [5.74, 6) is -1.18. The molecule has 2 atom stereocenters. The Kier molecular flexibility index (Phi) is 9.11. The van der Waals surface area contributed by atoms with Crippen molar-refractivity contribution in [1.29, 1.82) is 0 Å². The van der Waals surface area contributed by atoms with E-state index < -0.39 is 37.0 Å². The first kappa shape index (κ1) is 29.3. The number of amides is 2. The topological polar surface area (TPSA) is 111 Å². The summed E-state index contributed by atoms with van der Waals surface area (Å²) in [5, 5.41) is 4.19. The predicted octanol–water partition coefficient (Wildman–Crippen LogP) is 4.76. The molecule has 9 nitrogen and oxygen atoms in total. The van der Waals surface area contributed by atoms with Crippen molar-refractivity contribution in [1.82, 2.24) is 10.2 Å². The van der Waals surface area contributed by atoms with E-state index in [0.29, 0.717) is 5.57 Å². The number of thioether (sulfide) groups is 1. The molecule has 3 heterocycles. The van der Waals surface area contributed by atoms with Gasteiger partial charge in [0.25, 0.3) is 5.91 Å². The molecular weight excluding hydrogens is 583 g/mol. The smallest absolute Gasteiger partial charge is 0.356 e. The van der Waals surface area contributed by atoms with Gasteiger partial charge in [-0.3, -0.25) is 19.1 Å². The number of rotatable bonds is 11. The van der Waals surface area contributed by atoms with E-state index in [1.807, 2.05) is 78.2 Å². The molecule has 214 valence electrons. The van der Waals surface area contributed by atoms with Gasteiger partial charge in [-0.2, -0.15) is 0 Å². The molecule has 0 saturated carbocycles. The van der Waals surface area contributed by atoms with Gasteiger partial charge in [0, 0.05) is 24.8 Å². The number of esters is 1. The van der Waals surface area contributed by atoms with Crippen molar-refractivity contribution in [3.63, 3.8) is 0 Å². The first-order valence-electron chi connectivity index (χ1n) is 12.8. The van der Waals surface area contributed by atoms with Crippen LogP contribution in [-0.2, 0) is 39.2 Å². The van der Waals surface area contributed by atoms with E-state index in [2.05, 4.69) is 5.32 Å². The minimum atomic E-state index is -3.58. The van der Waals surface area contributed by atoms with Crippen LogP contribution in [0.5, 0.6) is 0 Å². The van der Waals surface area contributed by atoms with Crippen LogP contribution in [-0.4, -0.2) is 60.2 Å². The van der Waals surface area contributed by atoms with E-state index in [4.69, 9.17) is 13.8 Å². The monoisotopic (exact) mass is 612 g/mol. The number of ether oxygens (including phenoxy) is 1. The van der Waals surface area contributed by atoms with Gasteiger partial charge in [0.1, 0.15) is 17.1 Å². The first-order valence-corrected chi connectivity index (χ1v) is 16.5. The van der Waals surface area contributed by atoms with E-state index >= 15 is 0 Å². The lowest BCUT2D eigenvalue weighted by atomic mass is 10.0. The number of fused-ring (bicyclic) bond motifs is 1. The Labute approximate surface area is 246 Å². The Balaban J connectivity index is 1.44. The van der Waals surface area contributed by atoms with Crippen molar-refractivity contribution in [2.45, 2.75) is 23.9 Å². The summed E-state index contributed by atoms with van der Waals surface area (Å²) in [7, 11) is -1.03. The minimum absolute atomic E-state index is 0.00805. The van der Waals surface area contributed by atoms with Gasteiger partial charge in [-0.15, -0.1) is 23.1 Å². The van der Waals surface area contributed by atoms with Crippen molar-refractivity contribution in [3.05, 3.63) is 105 Å². The maximum Gasteiger partial charge on any atom is 0.356 e. The van der Waals surface area contributed by atoms with Crippen molar-refractivity contribution in [2.24, 2.45) is 0 Å². The highest BCUT2D eigenvalue weighted by Crippen LogP contribution is 2.51. The third kappa shape index (κ3) is 6.34. The number of thiophene rings is 1. The number of carbonyl (C=O) groups is 3. The number of β-lactam (4-membered cyclic amide) rings is 1. The second-order valence-electron chi connectivity index (χ2n) is 9.40. The maximum absolute atomic E-state index is 14.0. The Morgan fingerprint density at radius 1 is 1.00 bits per heavy atom. The van der Waals surface area contributed by atoms with Gasteiger partial charge in [0.2, 0.25) is 5.91 Å². The van der Waals surface area contributed by atoms with Gasteiger partial charge in [-0.25, -0.2) is 4.79 Å². The molecule has 5 rings (SSSR count). The Morgan fingerprint density at radius 3 is 2.20 bits per heavy atom. The maximum atomic E-state index is 14.0. The fourth-order valence-corrected chi connectivity index (χ4v) is 8.11. The molecule has 0 unspecified atom stereocenters. The van der Waals surface area contributed by atoms with Crippen LogP contribution in [0.25, 0.3) is 0 Å². The fourth-order valence-electron chi connectivity index (χ4n) is 4.77. The zero-order valence-electron chi connectivity index (χ0n) is 22.4. The van der Waals surface area contributed by atoms with Crippen LogP contribution < -0.4 is 5.32 Å². The predicted molar refractivity (Wildman–Crippen MR) is 157 cm³/mol. The number of benzene rings is 2. The second-order valence-corrected chi connectivity index (χ2v) is 13.8. The molecule has 0 bridgehead atoms. The van der Waals surface area contributed by atoms with Crippen LogP contribution >= 0.6 is 30.7 Å². The number of nitrogens with zero attached hydrogens (tertiary/aromatic N) is 1. The van der Waals surface area contributed by atoms with Gasteiger partial charge < -0.3 is 19.1 Å². The minimum Gasteiger partial charge on any atom is -0.448 e. The van der Waals surface area contributed by atoms with Gasteiger partial charge in [-0.05, 0) is 28.1 Å². The zero-order chi connectivity index (χ0) is 29.0. The normalized spacial score (nSPS) is 18.6. The van der Waals surface area contributed by atoms with Crippen molar-refractivity contribution in [2.75, 3.05) is 26.1 Å². The van der Waals surface area contributed by atoms with Crippen molar-refractivity contribution in [3.8, 4) is 0 Å². The highest BCUT2D eigenvalue weighted by atomic mass is 32.2. The molecule has 41 heavy (non-hydrogen) atoms. The molecule has 1 N–H and O–H groups in total. The van der Waals surface area contributed by atoms with Crippen LogP contribution in [0.3, 0.4) is 0 Å². The summed E-state index contributed by atoms with van der Waals surface area (Å²) in [6, 6.07) is 21.5. The van der Waals surface area contributed by atoms with Crippen LogP contribution in [0.1, 0.15) is 22.1 Å². The molecular formula is C29H29N2O7PS2. The van der Waals surface area contributed by atoms with Crippen molar-refractivity contribution < 1.29 is 32.7 Å². The standard InChI is InChI=1S/C29H29N2O7PS2/c1-36-39(35,37-2)17-21-18-41-28-24(30-23(32)16-22-14-9-15-40-22)27(33)31(28)25(21)29(34)38-26(19-10-5-3-6-11-19)20-12-7-4-8-13-20/h3-15,24,26,28H,16-18H2,1-2H3,(H,30,32)/t24-,28+/m1/s1. The third-order valence-corrected chi connectivity index (χ3v) is 10.9. The summed E-state index contributed by atoms with van der Waals surface area (Å²) in [6.45, 7) is 0. The van der Waals surface area contributed by atoms with E-state index in [-0.39, 0.29) is 29.9 Å².